The minimum atomic E-state index is -1.14. The van der Waals surface area contributed by atoms with Crippen molar-refractivity contribution in [3.05, 3.63) is 35.5 Å². The van der Waals surface area contributed by atoms with E-state index in [9.17, 15) is 9.90 Å². The van der Waals surface area contributed by atoms with E-state index in [4.69, 9.17) is 9.47 Å². The highest BCUT2D eigenvalue weighted by molar-refractivity contribution is 5.90. The number of hydrogen-bond donors (Lipinski definition) is 1. The van der Waals surface area contributed by atoms with Gasteiger partial charge in [-0.15, -0.1) is 0 Å². The third-order valence-corrected chi connectivity index (χ3v) is 4.27. The molecule has 1 aliphatic heterocycles. The molecule has 0 bridgehead atoms. The molecular weight excluding hydrogens is 296 g/mol. The number of aromatic nitrogens is 2. The molecule has 118 valence electrons. The highest BCUT2D eigenvalue weighted by atomic mass is 16.6. The van der Waals surface area contributed by atoms with Crippen LogP contribution in [0, 0.1) is 6.92 Å². The Kier molecular flexibility index (Phi) is 3.18. The third kappa shape index (κ3) is 2.40. The van der Waals surface area contributed by atoms with Gasteiger partial charge in [0.05, 0.1) is 0 Å². The highest BCUT2D eigenvalue weighted by Crippen LogP contribution is 2.40. The maximum absolute atomic E-state index is 11.6. The SMILES string of the molecule is Cc1ccc(-c2nc3c(c(C(=O)O)n2)OC2CCCC2O3)cc1. The number of fused-ring (bicyclic) bond motifs is 2. The number of carboxylic acid groups (broad SMARTS) is 1. The van der Waals surface area contributed by atoms with Crippen LogP contribution in [-0.4, -0.2) is 33.3 Å². The summed E-state index contributed by atoms with van der Waals surface area (Å²) in [6, 6.07) is 7.60. The first-order chi connectivity index (χ1) is 11.1. The lowest BCUT2D eigenvalue weighted by molar-refractivity contribution is 0.0345. The number of carboxylic acids is 1. The second-order valence-electron chi connectivity index (χ2n) is 5.94. The van der Waals surface area contributed by atoms with E-state index in [0.29, 0.717) is 5.82 Å². The van der Waals surface area contributed by atoms with Crippen LogP contribution in [0.5, 0.6) is 11.6 Å². The Balaban J connectivity index is 1.82. The summed E-state index contributed by atoms with van der Waals surface area (Å²) in [5.74, 6) is -0.425. The molecule has 6 heteroatoms. The first kappa shape index (κ1) is 14.0. The molecule has 0 spiro atoms. The number of aryl methyl sites for hydroxylation is 1. The van der Waals surface area contributed by atoms with Crippen molar-refractivity contribution in [2.75, 3.05) is 0 Å². The van der Waals surface area contributed by atoms with E-state index in [1.165, 1.54) is 0 Å². The van der Waals surface area contributed by atoms with Crippen LogP contribution in [0.2, 0.25) is 0 Å². The molecule has 4 rings (SSSR count). The Bertz CT molecular complexity index is 773. The fourth-order valence-electron chi connectivity index (χ4n) is 3.05. The molecule has 0 saturated heterocycles. The van der Waals surface area contributed by atoms with Gasteiger partial charge in [0.15, 0.2) is 11.5 Å². The smallest absolute Gasteiger partial charge is 0.358 e. The van der Waals surface area contributed by atoms with Crippen LogP contribution in [0.15, 0.2) is 24.3 Å². The molecular formula is C17H16N2O4. The first-order valence-electron chi connectivity index (χ1n) is 7.67. The molecule has 1 saturated carbocycles. The summed E-state index contributed by atoms with van der Waals surface area (Å²) in [6.07, 6.45) is 2.61. The van der Waals surface area contributed by atoms with Crippen LogP contribution in [0.3, 0.4) is 0 Å². The van der Waals surface area contributed by atoms with Crippen molar-refractivity contribution in [1.82, 2.24) is 9.97 Å². The molecule has 1 aliphatic carbocycles. The molecule has 1 aromatic carbocycles. The van der Waals surface area contributed by atoms with E-state index in [-0.39, 0.29) is 29.5 Å². The fourth-order valence-corrected chi connectivity index (χ4v) is 3.05. The lowest BCUT2D eigenvalue weighted by Crippen LogP contribution is -2.36. The van der Waals surface area contributed by atoms with Crippen LogP contribution in [0.4, 0.5) is 0 Å². The van der Waals surface area contributed by atoms with Gasteiger partial charge in [0.25, 0.3) is 5.88 Å². The van der Waals surface area contributed by atoms with Crippen molar-refractivity contribution < 1.29 is 19.4 Å². The summed E-state index contributed by atoms with van der Waals surface area (Å²) in [4.78, 5) is 20.2. The van der Waals surface area contributed by atoms with Crippen LogP contribution in [0.1, 0.15) is 35.3 Å². The predicted octanol–water partition coefficient (Wildman–Crippen LogP) is 2.84. The van der Waals surface area contributed by atoms with E-state index < -0.39 is 5.97 Å². The average molecular weight is 312 g/mol. The summed E-state index contributed by atoms with van der Waals surface area (Å²) in [5, 5.41) is 9.47. The number of nitrogens with zero attached hydrogens (tertiary/aromatic N) is 2. The number of rotatable bonds is 2. The topological polar surface area (TPSA) is 81.5 Å². The average Bonchev–Trinajstić information content (AvgIpc) is 2.99. The molecule has 2 unspecified atom stereocenters. The summed E-state index contributed by atoms with van der Waals surface area (Å²) < 4.78 is 11.7. The molecule has 23 heavy (non-hydrogen) atoms. The van der Waals surface area contributed by atoms with Gasteiger partial charge in [-0.2, -0.15) is 4.98 Å². The molecule has 0 radical (unpaired) electrons. The molecule has 2 aromatic rings. The van der Waals surface area contributed by atoms with Crippen molar-refractivity contribution in [3.63, 3.8) is 0 Å². The Morgan fingerprint density at radius 3 is 2.52 bits per heavy atom. The second-order valence-corrected chi connectivity index (χ2v) is 5.94. The number of ether oxygens (including phenoxy) is 2. The Hall–Kier alpha value is -2.63. The summed E-state index contributed by atoms with van der Waals surface area (Å²) in [7, 11) is 0. The van der Waals surface area contributed by atoms with Gasteiger partial charge in [-0.05, 0) is 26.2 Å². The predicted molar refractivity (Wildman–Crippen MR) is 81.8 cm³/mol. The van der Waals surface area contributed by atoms with Gasteiger partial charge < -0.3 is 14.6 Å². The lowest BCUT2D eigenvalue weighted by Gasteiger charge is -2.29. The maximum Gasteiger partial charge on any atom is 0.358 e. The minimum Gasteiger partial charge on any atom is -0.479 e. The molecule has 1 aromatic heterocycles. The van der Waals surface area contributed by atoms with E-state index >= 15 is 0 Å². The molecule has 0 amide bonds. The molecule has 2 atom stereocenters. The van der Waals surface area contributed by atoms with Crippen molar-refractivity contribution in [3.8, 4) is 23.0 Å². The summed E-state index contributed by atoms with van der Waals surface area (Å²) >= 11 is 0. The Morgan fingerprint density at radius 1 is 1.13 bits per heavy atom. The van der Waals surface area contributed by atoms with Gasteiger partial charge in [0.1, 0.15) is 12.2 Å². The van der Waals surface area contributed by atoms with E-state index in [1.54, 1.807) is 0 Å². The van der Waals surface area contributed by atoms with Crippen LogP contribution >= 0.6 is 0 Å². The van der Waals surface area contributed by atoms with Gasteiger partial charge in [-0.3, -0.25) is 0 Å². The lowest BCUT2D eigenvalue weighted by atomic mass is 10.1. The fraction of sp³-hybridized carbons (Fsp3) is 0.353. The number of benzene rings is 1. The van der Waals surface area contributed by atoms with E-state index in [1.807, 2.05) is 31.2 Å². The zero-order chi connectivity index (χ0) is 16.0. The van der Waals surface area contributed by atoms with Gasteiger partial charge in [0.2, 0.25) is 5.75 Å². The standard InChI is InChI=1S/C17H16N2O4/c1-9-5-7-10(8-6-9)15-18-13(17(20)21)14-16(19-15)23-12-4-2-3-11(12)22-14/h5-8,11-12H,2-4H2,1H3,(H,20,21). The molecule has 1 N–H and O–H groups in total. The maximum atomic E-state index is 11.6. The van der Waals surface area contributed by atoms with Gasteiger partial charge in [0, 0.05) is 5.56 Å². The van der Waals surface area contributed by atoms with Gasteiger partial charge >= 0.3 is 5.97 Å². The second kappa shape index (κ2) is 5.22. The number of aromatic carboxylic acids is 1. The van der Waals surface area contributed by atoms with Crippen molar-refractivity contribution >= 4 is 5.97 Å². The normalized spacial score (nSPS) is 21.8. The Morgan fingerprint density at radius 2 is 1.83 bits per heavy atom. The highest BCUT2D eigenvalue weighted by Gasteiger charge is 2.39. The van der Waals surface area contributed by atoms with Gasteiger partial charge in [-0.25, -0.2) is 9.78 Å². The Labute approximate surface area is 133 Å². The largest absolute Gasteiger partial charge is 0.479 e. The molecule has 2 heterocycles. The third-order valence-electron chi connectivity index (χ3n) is 4.27. The van der Waals surface area contributed by atoms with Crippen LogP contribution in [0.25, 0.3) is 11.4 Å². The molecule has 2 aliphatic rings. The monoisotopic (exact) mass is 312 g/mol. The van der Waals surface area contributed by atoms with Crippen LogP contribution < -0.4 is 9.47 Å². The molecule has 1 fully saturated rings. The van der Waals surface area contributed by atoms with E-state index in [2.05, 4.69) is 9.97 Å². The summed E-state index contributed by atoms with van der Waals surface area (Å²) in [5.41, 5.74) is 1.72. The van der Waals surface area contributed by atoms with E-state index in [0.717, 1.165) is 30.4 Å². The number of carbonyl (C=O) groups is 1. The number of hydrogen-bond acceptors (Lipinski definition) is 5. The van der Waals surface area contributed by atoms with Crippen molar-refractivity contribution in [1.29, 1.82) is 0 Å². The first-order valence-corrected chi connectivity index (χ1v) is 7.67. The zero-order valence-corrected chi connectivity index (χ0v) is 12.7. The van der Waals surface area contributed by atoms with Gasteiger partial charge in [-0.1, -0.05) is 29.8 Å². The van der Waals surface area contributed by atoms with Crippen molar-refractivity contribution in [2.24, 2.45) is 0 Å². The summed E-state index contributed by atoms with van der Waals surface area (Å²) in [6.45, 7) is 1.98. The zero-order valence-electron chi connectivity index (χ0n) is 12.7. The molecule has 6 nitrogen and oxygen atoms in total. The quantitative estimate of drug-likeness (QED) is 0.918. The van der Waals surface area contributed by atoms with Crippen molar-refractivity contribution in [2.45, 2.75) is 38.4 Å². The minimum absolute atomic E-state index is 0.0510. The van der Waals surface area contributed by atoms with Crippen LogP contribution in [-0.2, 0) is 0 Å².